The highest BCUT2D eigenvalue weighted by Gasteiger charge is 2.06. The molecule has 0 saturated carbocycles. The molecule has 1 aromatic carbocycles. The van der Waals surface area contributed by atoms with Gasteiger partial charge in [-0.25, -0.2) is 0 Å². The number of hydrogen-bond acceptors (Lipinski definition) is 5. The van der Waals surface area contributed by atoms with Gasteiger partial charge < -0.3 is 14.6 Å². The Hall–Kier alpha value is -1.72. The molecule has 21 heavy (non-hydrogen) atoms. The highest BCUT2D eigenvalue weighted by atomic mass is 16.5. The van der Waals surface area contributed by atoms with Gasteiger partial charge in [0, 0.05) is 19.6 Å². The zero-order valence-electron chi connectivity index (χ0n) is 12.5. The molecule has 0 unspecified atom stereocenters. The summed E-state index contributed by atoms with van der Waals surface area (Å²) in [5.41, 5.74) is 1.18. The Morgan fingerprint density at radius 2 is 2.05 bits per heavy atom. The molecule has 0 bridgehead atoms. The minimum absolute atomic E-state index is 0.582. The topological polar surface area (TPSA) is 60.2 Å². The molecule has 0 radical (unpaired) electrons. The van der Waals surface area contributed by atoms with Crippen LogP contribution in [0.5, 0.6) is 0 Å². The van der Waals surface area contributed by atoms with Crippen molar-refractivity contribution in [3.8, 4) is 0 Å². The van der Waals surface area contributed by atoms with Gasteiger partial charge in [0.25, 0.3) is 0 Å². The maximum absolute atomic E-state index is 5.47. The highest BCUT2D eigenvalue weighted by molar-refractivity contribution is 5.18. The minimum atomic E-state index is 0.582. The third-order valence-electron chi connectivity index (χ3n) is 3.06. The fraction of sp³-hybridized carbons (Fsp3) is 0.500. The number of nitrogens with one attached hydrogen (secondary N) is 1. The van der Waals surface area contributed by atoms with E-state index in [4.69, 9.17) is 9.26 Å². The van der Waals surface area contributed by atoms with Gasteiger partial charge in [0.15, 0.2) is 5.82 Å². The summed E-state index contributed by atoms with van der Waals surface area (Å²) >= 11 is 0. The molecule has 1 aromatic heterocycles. The van der Waals surface area contributed by atoms with E-state index in [-0.39, 0.29) is 0 Å². The minimum Gasteiger partial charge on any atom is -0.380 e. The van der Waals surface area contributed by atoms with Crippen molar-refractivity contribution in [2.45, 2.75) is 32.7 Å². The third-order valence-corrected chi connectivity index (χ3v) is 3.06. The summed E-state index contributed by atoms with van der Waals surface area (Å²) in [4.78, 5) is 4.37. The first-order chi connectivity index (χ1) is 10.4. The van der Waals surface area contributed by atoms with Crippen LogP contribution in [0.3, 0.4) is 0 Å². The van der Waals surface area contributed by atoms with Gasteiger partial charge in [0.05, 0.1) is 13.2 Å². The first kappa shape index (κ1) is 15.7. The third kappa shape index (κ3) is 6.06. The van der Waals surface area contributed by atoms with Crippen LogP contribution in [0.1, 0.15) is 37.0 Å². The zero-order valence-corrected chi connectivity index (χ0v) is 12.5. The predicted molar refractivity (Wildman–Crippen MR) is 81.0 cm³/mol. The average molecular weight is 289 g/mol. The van der Waals surface area contributed by atoms with Crippen molar-refractivity contribution in [3.05, 3.63) is 47.6 Å². The smallest absolute Gasteiger partial charge is 0.240 e. The van der Waals surface area contributed by atoms with Crippen molar-refractivity contribution in [3.63, 3.8) is 0 Å². The van der Waals surface area contributed by atoms with Crippen LogP contribution in [0.2, 0.25) is 0 Å². The van der Waals surface area contributed by atoms with Crippen LogP contribution >= 0.6 is 0 Å². The Labute approximate surface area is 125 Å². The summed E-state index contributed by atoms with van der Waals surface area (Å²) in [5.74, 6) is 1.34. The second-order valence-electron chi connectivity index (χ2n) is 4.91. The molecule has 0 aliphatic heterocycles. The van der Waals surface area contributed by atoms with E-state index >= 15 is 0 Å². The van der Waals surface area contributed by atoms with Crippen LogP contribution < -0.4 is 5.32 Å². The molecule has 114 valence electrons. The zero-order chi connectivity index (χ0) is 14.8. The van der Waals surface area contributed by atoms with Crippen LogP contribution in [0, 0.1) is 0 Å². The molecule has 0 aliphatic carbocycles. The number of benzene rings is 1. The maximum atomic E-state index is 5.47. The second-order valence-corrected chi connectivity index (χ2v) is 4.91. The molecular weight excluding hydrogens is 266 g/mol. The van der Waals surface area contributed by atoms with Gasteiger partial charge >= 0.3 is 0 Å². The van der Waals surface area contributed by atoms with E-state index in [0.717, 1.165) is 25.4 Å². The lowest BCUT2D eigenvalue weighted by Crippen LogP contribution is -2.19. The Kier molecular flexibility index (Phi) is 6.91. The summed E-state index contributed by atoms with van der Waals surface area (Å²) in [5, 5.41) is 7.23. The standard InChI is InChI=1S/C16H23N3O2/c1-2-3-10-20-11-9-17-13-16-18-15(19-21-16)12-14-7-5-4-6-8-14/h4-8,17H,2-3,9-13H2,1H3. The largest absolute Gasteiger partial charge is 0.380 e. The highest BCUT2D eigenvalue weighted by Crippen LogP contribution is 2.06. The molecule has 1 heterocycles. The first-order valence-corrected chi connectivity index (χ1v) is 7.52. The molecule has 5 nitrogen and oxygen atoms in total. The summed E-state index contributed by atoms with van der Waals surface area (Å²) in [7, 11) is 0. The molecule has 2 aromatic rings. The van der Waals surface area contributed by atoms with Gasteiger partial charge in [-0.05, 0) is 12.0 Å². The van der Waals surface area contributed by atoms with Crippen LogP contribution in [-0.2, 0) is 17.7 Å². The predicted octanol–water partition coefficient (Wildman–Crippen LogP) is 2.57. The number of ether oxygens (including phenoxy) is 1. The first-order valence-electron chi connectivity index (χ1n) is 7.52. The van der Waals surface area contributed by atoms with E-state index in [9.17, 15) is 0 Å². The lowest BCUT2D eigenvalue weighted by atomic mass is 10.1. The molecule has 0 atom stereocenters. The fourth-order valence-electron chi connectivity index (χ4n) is 1.90. The molecule has 0 spiro atoms. The monoisotopic (exact) mass is 289 g/mol. The average Bonchev–Trinajstić information content (AvgIpc) is 2.95. The Morgan fingerprint density at radius 3 is 2.86 bits per heavy atom. The number of hydrogen-bond donors (Lipinski definition) is 1. The number of unbranched alkanes of at least 4 members (excludes halogenated alkanes) is 1. The SMILES string of the molecule is CCCCOCCNCc1nc(Cc2ccccc2)no1. The van der Waals surface area contributed by atoms with Crippen molar-refractivity contribution in [2.75, 3.05) is 19.8 Å². The van der Waals surface area contributed by atoms with E-state index in [1.165, 1.54) is 12.0 Å². The molecule has 1 N–H and O–H groups in total. The fourth-order valence-corrected chi connectivity index (χ4v) is 1.90. The van der Waals surface area contributed by atoms with Crippen LogP contribution in [0.4, 0.5) is 0 Å². The van der Waals surface area contributed by atoms with Crippen LogP contribution in [0.25, 0.3) is 0 Å². The molecule has 0 amide bonds. The number of nitrogens with zero attached hydrogens (tertiary/aromatic N) is 2. The molecule has 5 heteroatoms. The van der Waals surface area contributed by atoms with Gasteiger partial charge in [-0.15, -0.1) is 0 Å². The van der Waals surface area contributed by atoms with E-state index in [1.807, 2.05) is 18.2 Å². The maximum Gasteiger partial charge on any atom is 0.240 e. The lowest BCUT2D eigenvalue weighted by Gasteiger charge is -2.03. The van der Waals surface area contributed by atoms with Gasteiger partial charge in [-0.2, -0.15) is 4.98 Å². The molecular formula is C16H23N3O2. The van der Waals surface area contributed by atoms with Crippen molar-refractivity contribution in [1.82, 2.24) is 15.5 Å². The van der Waals surface area contributed by atoms with E-state index in [2.05, 4.69) is 34.5 Å². The van der Waals surface area contributed by atoms with E-state index < -0.39 is 0 Å². The number of aromatic nitrogens is 2. The molecule has 0 saturated heterocycles. The molecule has 0 fully saturated rings. The quantitative estimate of drug-likeness (QED) is 0.681. The van der Waals surface area contributed by atoms with Crippen molar-refractivity contribution in [2.24, 2.45) is 0 Å². The van der Waals surface area contributed by atoms with Gasteiger partial charge in [-0.3, -0.25) is 0 Å². The summed E-state index contributed by atoms with van der Waals surface area (Å²) in [6, 6.07) is 10.1. The van der Waals surface area contributed by atoms with E-state index in [1.54, 1.807) is 0 Å². The van der Waals surface area contributed by atoms with Crippen molar-refractivity contribution >= 4 is 0 Å². The van der Waals surface area contributed by atoms with Crippen molar-refractivity contribution in [1.29, 1.82) is 0 Å². The van der Waals surface area contributed by atoms with Gasteiger partial charge in [0.2, 0.25) is 5.89 Å². The Morgan fingerprint density at radius 1 is 1.19 bits per heavy atom. The van der Waals surface area contributed by atoms with E-state index in [0.29, 0.717) is 25.5 Å². The van der Waals surface area contributed by atoms with Gasteiger partial charge in [0.1, 0.15) is 0 Å². The molecule has 0 aliphatic rings. The summed E-state index contributed by atoms with van der Waals surface area (Å²) in [6.45, 7) is 5.08. The Balaban J connectivity index is 1.64. The number of rotatable bonds is 10. The summed E-state index contributed by atoms with van der Waals surface area (Å²) in [6.07, 6.45) is 2.98. The van der Waals surface area contributed by atoms with Gasteiger partial charge in [-0.1, -0.05) is 48.8 Å². The second kappa shape index (κ2) is 9.26. The van der Waals surface area contributed by atoms with Crippen molar-refractivity contribution < 1.29 is 9.26 Å². The Bertz CT molecular complexity index is 499. The molecule has 2 rings (SSSR count). The van der Waals surface area contributed by atoms with Crippen LogP contribution in [0.15, 0.2) is 34.9 Å². The normalized spacial score (nSPS) is 10.9. The van der Waals surface area contributed by atoms with Crippen LogP contribution in [-0.4, -0.2) is 29.9 Å². The lowest BCUT2D eigenvalue weighted by molar-refractivity contribution is 0.132. The summed E-state index contributed by atoms with van der Waals surface area (Å²) < 4.78 is 10.7.